The van der Waals surface area contributed by atoms with E-state index in [9.17, 15) is 13.2 Å². The number of halogens is 3. The minimum atomic E-state index is -4.21. The third kappa shape index (κ3) is 7.16. The van der Waals surface area contributed by atoms with E-state index in [1.807, 2.05) is 11.8 Å². The van der Waals surface area contributed by atoms with Gasteiger partial charge < -0.3 is 10.1 Å². The zero-order chi connectivity index (χ0) is 12.7. The van der Waals surface area contributed by atoms with Gasteiger partial charge in [0, 0.05) is 17.8 Å². The summed E-state index contributed by atoms with van der Waals surface area (Å²) < 4.78 is 39.9. The molecule has 0 radical (unpaired) electrons. The summed E-state index contributed by atoms with van der Waals surface area (Å²) in [5, 5.41) is 3.97. The molecule has 0 amide bonds. The Kier molecular flexibility index (Phi) is 6.66. The molecule has 2 nitrogen and oxygen atoms in total. The molecule has 0 aromatic carbocycles. The van der Waals surface area contributed by atoms with Gasteiger partial charge in [-0.2, -0.15) is 24.9 Å². The molecule has 1 N–H and O–H groups in total. The lowest BCUT2D eigenvalue weighted by molar-refractivity contribution is -0.173. The first-order chi connectivity index (χ1) is 8.01. The van der Waals surface area contributed by atoms with E-state index in [-0.39, 0.29) is 6.61 Å². The highest BCUT2D eigenvalue weighted by Crippen LogP contribution is 2.29. The van der Waals surface area contributed by atoms with Crippen LogP contribution < -0.4 is 5.32 Å². The average Bonchev–Trinajstić information content (AvgIpc) is 2.64. The van der Waals surface area contributed by atoms with E-state index in [0.717, 1.165) is 18.6 Å². The lowest BCUT2D eigenvalue weighted by atomic mass is 10.2. The standard InChI is InChI=1S/C11H20F3NOS/c1-2-17-10-4-3-9(7-10)15-5-6-16-8-11(12,13)14/h9-10,15H,2-8H2,1H3. The summed E-state index contributed by atoms with van der Waals surface area (Å²) in [6.07, 6.45) is -0.759. The first kappa shape index (κ1) is 15.1. The van der Waals surface area contributed by atoms with Crippen LogP contribution in [0.2, 0.25) is 0 Å². The molecule has 17 heavy (non-hydrogen) atoms. The van der Waals surface area contributed by atoms with E-state index in [4.69, 9.17) is 0 Å². The minimum absolute atomic E-state index is 0.127. The molecule has 0 aromatic rings. The van der Waals surface area contributed by atoms with Gasteiger partial charge in [-0.1, -0.05) is 6.92 Å². The van der Waals surface area contributed by atoms with Crippen molar-refractivity contribution >= 4 is 11.8 Å². The van der Waals surface area contributed by atoms with Crippen molar-refractivity contribution in [2.45, 2.75) is 43.7 Å². The largest absolute Gasteiger partial charge is 0.411 e. The quantitative estimate of drug-likeness (QED) is 0.719. The second-order valence-electron chi connectivity index (χ2n) is 4.21. The van der Waals surface area contributed by atoms with Gasteiger partial charge in [-0.15, -0.1) is 0 Å². The lowest BCUT2D eigenvalue weighted by Crippen LogP contribution is -2.31. The topological polar surface area (TPSA) is 21.3 Å². The second kappa shape index (κ2) is 7.48. The number of rotatable bonds is 7. The molecule has 1 saturated carbocycles. The average molecular weight is 271 g/mol. The number of nitrogens with one attached hydrogen (secondary N) is 1. The Bertz CT molecular complexity index is 213. The van der Waals surface area contributed by atoms with Crippen LogP contribution in [0.25, 0.3) is 0 Å². The van der Waals surface area contributed by atoms with Crippen LogP contribution in [0.1, 0.15) is 26.2 Å². The van der Waals surface area contributed by atoms with E-state index < -0.39 is 12.8 Å². The minimum Gasteiger partial charge on any atom is -0.371 e. The molecule has 1 fully saturated rings. The van der Waals surface area contributed by atoms with Crippen LogP contribution in [-0.2, 0) is 4.74 Å². The molecular formula is C11H20F3NOS. The summed E-state index contributed by atoms with van der Waals surface area (Å²) in [6.45, 7) is 1.63. The lowest BCUT2D eigenvalue weighted by Gasteiger charge is -2.13. The fourth-order valence-electron chi connectivity index (χ4n) is 2.04. The Morgan fingerprint density at radius 2 is 2.12 bits per heavy atom. The Labute approximate surface area is 105 Å². The monoisotopic (exact) mass is 271 g/mol. The molecule has 1 rings (SSSR count). The molecule has 1 aliphatic carbocycles. The van der Waals surface area contributed by atoms with Gasteiger partial charge in [0.2, 0.25) is 0 Å². The van der Waals surface area contributed by atoms with Crippen LogP contribution in [-0.4, -0.2) is 43.0 Å². The maximum atomic E-state index is 11.8. The highest BCUT2D eigenvalue weighted by molar-refractivity contribution is 7.99. The van der Waals surface area contributed by atoms with Crippen LogP contribution in [0.15, 0.2) is 0 Å². The Morgan fingerprint density at radius 3 is 2.76 bits per heavy atom. The van der Waals surface area contributed by atoms with E-state index in [1.165, 1.54) is 6.42 Å². The zero-order valence-electron chi connectivity index (χ0n) is 10.1. The van der Waals surface area contributed by atoms with Crippen molar-refractivity contribution in [2.24, 2.45) is 0 Å². The summed E-state index contributed by atoms with van der Waals surface area (Å²) in [6, 6.07) is 0.452. The summed E-state index contributed by atoms with van der Waals surface area (Å²) >= 11 is 1.97. The molecule has 102 valence electrons. The number of alkyl halides is 3. The maximum absolute atomic E-state index is 11.8. The van der Waals surface area contributed by atoms with Gasteiger partial charge in [0.25, 0.3) is 0 Å². The predicted molar refractivity (Wildman–Crippen MR) is 64.4 cm³/mol. The van der Waals surface area contributed by atoms with Gasteiger partial charge in [0.05, 0.1) is 6.61 Å². The van der Waals surface area contributed by atoms with Crippen LogP contribution in [0.5, 0.6) is 0 Å². The van der Waals surface area contributed by atoms with E-state index in [0.29, 0.717) is 17.8 Å². The molecule has 0 saturated heterocycles. The van der Waals surface area contributed by atoms with Gasteiger partial charge >= 0.3 is 6.18 Å². The predicted octanol–water partition coefficient (Wildman–Crippen LogP) is 2.83. The van der Waals surface area contributed by atoms with Crippen molar-refractivity contribution in [1.29, 1.82) is 0 Å². The van der Waals surface area contributed by atoms with Crippen LogP contribution in [0.3, 0.4) is 0 Å². The van der Waals surface area contributed by atoms with Gasteiger partial charge in [-0.05, 0) is 25.0 Å². The molecule has 0 bridgehead atoms. The molecule has 2 unspecified atom stereocenters. The smallest absolute Gasteiger partial charge is 0.371 e. The first-order valence-electron chi connectivity index (χ1n) is 6.00. The fourth-order valence-corrected chi connectivity index (χ4v) is 3.18. The van der Waals surface area contributed by atoms with Crippen molar-refractivity contribution in [3.63, 3.8) is 0 Å². The highest BCUT2D eigenvalue weighted by atomic mass is 32.2. The summed E-state index contributed by atoms with van der Waals surface area (Å²) in [5.41, 5.74) is 0. The molecule has 0 aromatic heterocycles. The second-order valence-corrected chi connectivity index (χ2v) is 5.79. The third-order valence-electron chi connectivity index (χ3n) is 2.73. The Balaban J connectivity index is 1.97. The normalized spacial score (nSPS) is 25.4. The number of hydrogen-bond acceptors (Lipinski definition) is 3. The van der Waals surface area contributed by atoms with Gasteiger partial charge in [0.15, 0.2) is 0 Å². The highest BCUT2D eigenvalue weighted by Gasteiger charge is 2.27. The van der Waals surface area contributed by atoms with Crippen LogP contribution in [0.4, 0.5) is 13.2 Å². The molecule has 0 spiro atoms. The van der Waals surface area contributed by atoms with E-state index >= 15 is 0 Å². The number of thioether (sulfide) groups is 1. The van der Waals surface area contributed by atoms with E-state index in [2.05, 4.69) is 17.0 Å². The van der Waals surface area contributed by atoms with Gasteiger partial charge in [-0.3, -0.25) is 0 Å². The third-order valence-corrected chi connectivity index (χ3v) is 3.96. The molecule has 0 heterocycles. The molecule has 6 heteroatoms. The van der Waals surface area contributed by atoms with Crippen LogP contribution >= 0.6 is 11.8 Å². The summed E-state index contributed by atoms with van der Waals surface area (Å²) in [4.78, 5) is 0. The van der Waals surface area contributed by atoms with Crippen molar-refractivity contribution < 1.29 is 17.9 Å². The van der Waals surface area contributed by atoms with Gasteiger partial charge in [0.1, 0.15) is 6.61 Å². The fraction of sp³-hybridized carbons (Fsp3) is 1.00. The number of ether oxygens (including phenoxy) is 1. The van der Waals surface area contributed by atoms with Crippen LogP contribution in [0, 0.1) is 0 Å². The van der Waals surface area contributed by atoms with E-state index in [1.54, 1.807) is 0 Å². The maximum Gasteiger partial charge on any atom is 0.411 e. The molecule has 0 aliphatic heterocycles. The first-order valence-corrected chi connectivity index (χ1v) is 7.05. The molecule has 2 atom stereocenters. The SMILES string of the molecule is CCSC1CCC(NCCOCC(F)(F)F)C1. The zero-order valence-corrected chi connectivity index (χ0v) is 10.9. The number of hydrogen-bond donors (Lipinski definition) is 1. The summed E-state index contributed by atoms with van der Waals surface area (Å²) in [7, 11) is 0. The Morgan fingerprint density at radius 1 is 1.35 bits per heavy atom. The van der Waals surface area contributed by atoms with Crippen molar-refractivity contribution in [1.82, 2.24) is 5.32 Å². The molecule has 1 aliphatic rings. The summed E-state index contributed by atoms with van der Waals surface area (Å²) in [5.74, 6) is 1.13. The Hall–Kier alpha value is 0.0600. The molecular weight excluding hydrogens is 251 g/mol. The van der Waals surface area contributed by atoms with Gasteiger partial charge in [-0.25, -0.2) is 0 Å². The van der Waals surface area contributed by atoms with Crippen molar-refractivity contribution in [3.8, 4) is 0 Å². The van der Waals surface area contributed by atoms with Crippen molar-refractivity contribution in [3.05, 3.63) is 0 Å². The van der Waals surface area contributed by atoms with Crippen molar-refractivity contribution in [2.75, 3.05) is 25.5 Å².